The summed E-state index contributed by atoms with van der Waals surface area (Å²) in [6.45, 7) is 0. The predicted octanol–water partition coefficient (Wildman–Crippen LogP) is 3.90. The van der Waals surface area contributed by atoms with E-state index >= 15 is 0 Å². The van der Waals surface area contributed by atoms with Gasteiger partial charge in [0.25, 0.3) is 11.4 Å². The maximum Gasteiger partial charge on any atom is 0.318 e. The number of ether oxygens (including phenoxy) is 1. The van der Waals surface area contributed by atoms with E-state index in [0.29, 0.717) is 11.1 Å². The molecule has 0 aromatic heterocycles. The first kappa shape index (κ1) is 23.5. The maximum atomic E-state index is 12.0. The lowest BCUT2D eigenvalue weighted by molar-refractivity contribution is -0.394. The van der Waals surface area contributed by atoms with Gasteiger partial charge < -0.3 is 4.74 Å². The van der Waals surface area contributed by atoms with Crippen molar-refractivity contribution in [3.05, 3.63) is 108 Å². The highest BCUT2D eigenvalue weighted by molar-refractivity contribution is 5.83. The number of non-ortho nitro benzene ring substituents is 2. The summed E-state index contributed by atoms with van der Waals surface area (Å²) < 4.78 is 5.47. The molecule has 0 spiro atoms. The molecule has 1 N–H and O–H groups in total. The van der Waals surface area contributed by atoms with Gasteiger partial charge in [-0.3, -0.25) is 35.1 Å². The summed E-state index contributed by atoms with van der Waals surface area (Å²) in [5.74, 6) is -0.331. The molecule has 13 heteroatoms. The van der Waals surface area contributed by atoms with Gasteiger partial charge in [-0.05, 0) is 41.5 Å². The summed E-state index contributed by atoms with van der Waals surface area (Å²) in [6.07, 6.45) is 1.35. The summed E-state index contributed by atoms with van der Waals surface area (Å²) in [7, 11) is 0. The second kappa shape index (κ2) is 10.4. The van der Waals surface area contributed by atoms with Crippen molar-refractivity contribution in [2.24, 2.45) is 5.10 Å². The highest BCUT2D eigenvalue weighted by Gasteiger charge is 2.21. The van der Waals surface area contributed by atoms with Crippen LogP contribution in [0.25, 0.3) is 0 Å². The van der Waals surface area contributed by atoms with E-state index in [4.69, 9.17) is 4.74 Å². The summed E-state index contributed by atoms with van der Waals surface area (Å²) >= 11 is 0. The van der Waals surface area contributed by atoms with Crippen molar-refractivity contribution in [1.29, 1.82) is 0 Å². The number of hydrogen-bond acceptors (Lipinski definition) is 9. The minimum absolute atomic E-state index is 0.0177. The van der Waals surface area contributed by atoms with Gasteiger partial charge in [0.2, 0.25) is 11.7 Å². The lowest BCUT2D eigenvalue weighted by Gasteiger charge is -2.06. The molecule has 0 aliphatic heterocycles. The smallest absolute Gasteiger partial charge is 0.318 e. The van der Waals surface area contributed by atoms with Crippen LogP contribution in [0, 0.1) is 30.3 Å². The highest BCUT2D eigenvalue weighted by atomic mass is 16.6. The van der Waals surface area contributed by atoms with E-state index in [1.54, 1.807) is 12.1 Å². The Hall–Kier alpha value is -5.20. The third kappa shape index (κ3) is 6.16. The molecule has 0 bridgehead atoms. The summed E-state index contributed by atoms with van der Waals surface area (Å²) in [5.41, 5.74) is 2.46. The van der Waals surface area contributed by atoms with Gasteiger partial charge in [0.1, 0.15) is 5.75 Å². The fourth-order valence-corrected chi connectivity index (χ4v) is 2.74. The molecule has 1 amide bonds. The number of carbonyl (C=O) groups is 1. The molecule has 3 rings (SSSR count). The maximum absolute atomic E-state index is 12.0. The fraction of sp³-hybridized carbons (Fsp3) is 0.0476. The minimum atomic E-state index is -0.775. The predicted molar refractivity (Wildman–Crippen MR) is 119 cm³/mol. The van der Waals surface area contributed by atoms with Crippen LogP contribution in [0.4, 0.5) is 17.1 Å². The van der Waals surface area contributed by atoms with Crippen molar-refractivity contribution in [1.82, 2.24) is 5.43 Å². The molecule has 0 unspecified atom stereocenters. The van der Waals surface area contributed by atoms with Gasteiger partial charge in [0.15, 0.2) is 0 Å². The van der Waals surface area contributed by atoms with Gasteiger partial charge in [-0.1, -0.05) is 12.1 Å². The molecule has 0 saturated carbocycles. The zero-order chi connectivity index (χ0) is 24.7. The van der Waals surface area contributed by atoms with E-state index < -0.39 is 32.1 Å². The van der Waals surface area contributed by atoms with E-state index in [2.05, 4.69) is 10.5 Å². The van der Waals surface area contributed by atoms with E-state index in [-0.39, 0.29) is 23.6 Å². The third-order valence-electron chi connectivity index (χ3n) is 4.37. The Balaban J connectivity index is 1.58. The molecule has 3 aromatic carbocycles. The number of hydrogen-bond donors (Lipinski definition) is 1. The fourth-order valence-electron chi connectivity index (χ4n) is 2.74. The van der Waals surface area contributed by atoms with Gasteiger partial charge in [0, 0.05) is 18.2 Å². The molecule has 0 fully saturated rings. The SMILES string of the molecule is O=C(Cc1ccc([N+](=O)[O-])cc1)N/N=C\c1ccc(Oc2ccc([N+](=O)[O-])cc2[N+](=O)[O-])cc1. The topological polar surface area (TPSA) is 180 Å². The van der Waals surface area contributed by atoms with Crippen molar-refractivity contribution < 1.29 is 24.3 Å². The average molecular weight is 465 g/mol. The standard InChI is InChI=1S/C21H15N5O8/c27-21(11-14-1-5-16(6-2-14)24(28)29)23-22-13-15-3-8-18(9-4-15)34-20-10-7-17(25(30)31)12-19(20)26(32)33/h1-10,12-13H,11H2,(H,23,27)/b22-13-. The van der Waals surface area contributed by atoms with Crippen LogP contribution in [0.3, 0.4) is 0 Å². The number of hydrazone groups is 1. The van der Waals surface area contributed by atoms with E-state index in [1.165, 1.54) is 42.6 Å². The largest absolute Gasteiger partial charge is 0.450 e. The van der Waals surface area contributed by atoms with Gasteiger partial charge in [0.05, 0.1) is 33.5 Å². The van der Waals surface area contributed by atoms with Crippen LogP contribution in [0.1, 0.15) is 11.1 Å². The molecule has 13 nitrogen and oxygen atoms in total. The van der Waals surface area contributed by atoms with Crippen molar-refractivity contribution >= 4 is 29.2 Å². The van der Waals surface area contributed by atoms with Crippen LogP contribution in [-0.4, -0.2) is 26.9 Å². The normalized spacial score (nSPS) is 10.6. The van der Waals surface area contributed by atoms with Crippen LogP contribution in [0.2, 0.25) is 0 Å². The number of nitro benzene ring substituents is 3. The summed E-state index contributed by atoms with van der Waals surface area (Å²) in [4.78, 5) is 42.6. The quantitative estimate of drug-likeness (QED) is 0.280. The Bertz CT molecular complexity index is 1270. The molecular formula is C21H15N5O8. The molecule has 3 aromatic rings. The lowest BCUT2D eigenvalue weighted by atomic mass is 10.1. The number of nitrogens with zero attached hydrogens (tertiary/aromatic N) is 4. The van der Waals surface area contributed by atoms with Crippen molar-refractivity contribution in [2.45, 2.75) is 6.42 Å². The van der Waals surface area contributed by atoms with Gasteiger partial charge >= 0.3 is 5.69 Å². The van der Waals surface area contributed by atoms with Crippen molar-refractivity contribution in [2.75, 3.05) is 0 Å². The number of nitro groups is 3. The van der Waals surface area contributed by atoms with Crippen LogP contribution in [0.15, 0.2) is 71.8 Å². The second-order valence-corrected chi connectivity index (χ2v) is 6.73. The first-order valence-corrected chi connectivity index (χ1v) is 9.49. The monoisotopic (exact) mass is 465 g/mol. The lowest BCUT2D eigenvalue weighted by Crippen LogP contribution is -2.19. The van der Waals surface area contributed by atoms with E-state index in [9.17, 15) is 35.1 Å². The molecular weight excluding hydrogens is 450 g/mol. The van der Waals surface area contributed by atoms with Gasteiger partial charge in [-0.15, -0.1) is 0 Å². The molecule has 0 radical (unpaired) electrons. The molecule has 0 aliphatic rings. The molecule has 34 heavy (non-hydrogen) atoms. The number of rotatable bonds is 9. The Morgan fingerprint density at radius 1 is 0.853 bits per heavy atom. The van der Waals surface area contributed by atoms with Crippen LogP contribution < -0.4 is 10.2 Å². The van der Waals surface area contributed by atoms with E-state index in [1.807, 2.05) is 0 Å². The Morgan fingerprint density at radius 3 is 2.06 bits per heavy atom. The van der Waals surface area contributed by atoms with Crippen molar-refractivity contribution in [3.8, 4) is 11.5 Å². The molecule has 0 heterocycles. The first-order valence-electron chi connectivity index (χ1n) is 9.49. The Morgan fingerprint density at radius 2 is 1.47 bits per heavy atom. The number of carbonyl (C=O) groups excluding carboxylic acids is 1. The summed E-state index contributed by atoms with van der Waals surface area (Å²) in [6, 6.07) is 14.8. The number of nitrogens with one attached hydrogen (secondary N) is 1. The Labute approximate surface area is 190 Å². The molecule has 0 aliphatic carbocycles. The van der Waals surface area contributed by atoms with Crippen LogP contribution >= 0.6 is 0 Å². The zero-order valence-corrected chi connectivity index (χ0v) is 17.2. The zero-order valence-electron chi connectivity index (χ0n) is 17.2. The molecule has 0 atom stereocenters. The van der Waals surface area contributed by atoms with Crippen LogP contribution in [-0.2, 0) is 11.2 Å². The molecule has 172 valence electrons. The van der Waals surface area contributed by atoms with Gasteiger partial charge in [-0.2, -0.15) is 5.10 Å². The average Bonchev–Trinajstić information content (AvgIpc) is 2.80. The Kier molecular flexibility index (Phi) is 7.18. The van der Waals surface area contributed by atoms with Crippen molar-refractivity contribution in [3.63, 3.8) is 0 Å². The first-order chi connectivity index (χ1) is 16.2. The third-order valence-corrected chi connectivity index (χ3v) is 4.37. The highest BCUT2D eigenvalue weighted by Crippen LogP contribution is 2.34. The van der Waals surface area contributed by atoms with E-state index in [0.717, 1.165) is 18.2 Å². The second-order valence-electron chi connectivity index (χ2n) is 6.73. The number of benzene rings is 3. The summed E-state index contributed by atoms with van der Waals surface area (Å²) in [5, 5.41) is 36.5. The molecule has 0 saturated heterocycles. The van der Waals surface area contributed by atoms with Crippen LogP contribution in [0.5, 0.6) is 11.5 Å². The minimum Gasteiger partial charge on any atom is -0.450 e. The number of amides is 1. The van der Waals surface area contributed by atoms with Gasteiger partial charge in [-0.25, -0.2) is 5.43 Å².